The molecule has 0 spiro atoms. The molecule has 0 saturated heterocycles. The van der Waals surface area contributed by atoms with Crippen LogP contribution in [0.4, 0.5) is 4.79 Å². The van der Waals surface area contributed by atoms with Crippen molar-refractivity contribution in [1.29, 1.82) is 0 Å². The van der Waals surface area contributed by atoms with Gasteiger partial charge in [0.05, 0.1) is 6.61 Å². The fourth-order valence-corrected chi connectivity index (χ4v) is 1.68. The van der Waals surface area contributed by atoms with Crippen LogP contribution in [0.2, 0.25) is 0 Å². The van der Waals surface area contributed by atoms with E-state index in [1.807, 2.05) is 61.5 Å². The molecule has 0 bridgehead atoms. The Kier molecular flexibility index (Phi) is 5.15. The molecule has 2 aromatic carbocycles. The molecule has 4 heteroatoms. The Hall–Kier alpha value is -2.33. The van der Waals surface area contributed by atoms with E-state index in [9.17, 15) is 4.79 Å². The van der Waals surface area contributed by atoms with Crippen molar-refractivity contribution in [1.82, 2.24) is 10.8 Å². The fourth-order valence-electron chi connectivity index (χ4n) is 1.68. The molecule has 0 heterocycles. The highest BCUT2D eigenvalue weighted by molar-refractivity contribution is 5.72. The second-order valence-corrected chi connectivity index (χ2v) is 4.54. The van der Waals surface area contributed by atoms with Crippen LogP contribution in [0.5, 0.6) is 0 Å². The molecule has 2 N–H and O–H groups in total. The van der Waals surface area contributed by atoms with E-state index in [-0.39, 0.29) is 6.03 Å². The average Bonchev–Trinajstić information content (AvgIpc) is 2.48. The summed E-state index contributed by atoms with van der Waals surface area (Å²) in [5, 5.41) is 2.73. The number of aryl methyl sites for hydroxylation is 1. The predicted molar refractivity (Wildman–Crippen MR) is 77.8 cm³/mol. The monoisotopic (exact) mass is 270 g/mol. The minimum Gasteiger partial charge on any atom is -0.332 e. The number of nitrogens with one attached hydrogen (secondary N) is 2. The van der Waals surface area contributed by atoms with Crippen LogP contribution in [-0.4, -0.2) is 6.03 Å². The molecule has 2 amide bonds. The summed E-state index contributed by atoms with van der Waals surface area (Å²) in [6.07, 6.45) is 0. The number of carbonyl (C=O) groups excluding carboxylic acids is 1. The lowest BCUT2D eigenvalue weighted by molar-refractivity contribution is 0.0490. The maximum Gasteiger partial charge on any atom is 0.338 e. The predicted octanol–water partition coefficient (Wildman–Crippen LogP) is 2.93. The smallest absolute Gasteiger partial charge is 0.332 e. The standard InChI is InChI=1S/C16H18N2O2/c1-13-7-9-14(10-8-13)11-17-16(19)18-20-12-15-5-3-2-4-6-15/h2-10H,11-12H2,1H3,(H2,17,18,19). The molecule has 2 rings (SSSR count). The Bertz CT molecular complexity index is 538. The highest BCUT2D eigenvalue weighted by Crippen LogP contribution is 2.02. The van der Waals surface area contributed by atoms with Crippen molar-refractivity contribution in [2.45, 2.75) is 20.1 Å². The van der Waals surface area contributed by atoms with Gasteiger partial charge in [0.15, 0.2) is 0 Å². The molecular weight excluding hydrogens is 252 g/mol. The third-order valence-electron chi connectivity index (χ3n) is 2.82. The topological polar surface area (TPSA) is 50.4 Å². The largest absolute Gasteiger partial charge is 0.338 e. The quantitative estimate of drug-likeness (QED) is 0.821. The summed E-state index contributed by atoms with van der Waals surface area (Å²) < 4.78 is 0. The van der Waals surface area contributed by atoms with Crippen LogP contribution < -0.4 is 10.8 Å². The highest BCUT2D eigenvalue weighted by Gasteiger charge is 2.00. The summed E-state index contributed by atoms with van der Waals surface area (Å²) in [6.45, 7) is 2.85. The zero-order valence-corrected chi connectivity index (χ0v) is 11.4. The van der Waals surface area contributed by atoms with Crippen LogP contribution in [0.3, 0.4) is 0 Å². The number of rotatable bonds is 5. The molecule has 0 radical (unpaired) electrons. The van der Waals surface area contributed by atoms with Gasteiger partial charge >= 0.3 is 6.03 Å². The first kappa shape index (κ1) is 14.1. The number of amides is 2. The van der Waals surface area contributed by atoms with Crippen molar-refractivity contribution in [3.63, 3.8) is 0 Å². The van der Waals surface area contributed by atoms with E-state index < -0.39 is 0 Å². The Morgan fingerprint density at radius 2 is 1.70 bits per heavy atom. The van der Waals surface area contributed by atoms with E-state index in [0.717, 1.165) is 11.1 Å². The van der Waals surface area contributed by atoms with Crippen molar-refractivity contribution in [3.8, 4) is 0 Å². The minimum absolute atomic E-state index is 0.346. The van der Waals surface area contributed by atoms with Crippen LogP contribution in [0.1, 0.15) is 16.7 Å². The van der Waals surface area contributed by atoms with Gasteiger partial charge in [-0.1, -0.05) is 60.2 Å². The van der Waals surface area contributed by atoms with Gasteiger partial charge in [-0.05, 0) is 18.1 Å². The molecule has 0 atom stereocenters. The number of hydroxylamine groups is 1. The third kappa shape index (κ3) is 4.74. The molecule has 20 heavy (non-hydrogen) atoms. The number of hydrogen-bond acceptors (Lipinski definition) is 2. The van der Waals surface area contributed by atoms with Gasteiger partial charge in [0.1, 0.15) is 0 Å². The number of carbonyl (C=O) groups is 1. The van der Waals surface area contributed by atoms with Crippen LogP contribution in [0.15, 0.2) is 54.6 Å². The number of hydrogen-bond donors (Lipinski definition) is 2. The molecule has 0 aliphatic rings. The fraction of sp³-hybridized carbons (Fsp3) is 0.188. The van der Waals surface area contributed by atoms with Gasteiger partial charge in [0, 0.05) is 6.54 Å². The van der Waals surface area contributed by atoms with Gasteiger partial charge in [-0.25, -0.2) is 10.3 Å². The highest BCUT2D eigenvalue weighted by atomic mass is 16.7. The molecular formula is C16H18N2O2. The number of urea groups is 1. The van der Waals surface area contributed by atoms with Crippen molar-refractivity contribution >= 4 is 6.03 Å². The first-order valence-electron chi connectivity index (χ1n) is 6.49. The molecule has 2 aromatic rings. The Morgan fingerprint density at radius 1 is 1.00 bits per heavy atom. The molecule has 0 fully saturated rings. The van der Waals surface area contributed by atoms with Gasteiger partial charge in [-0.2, -0.15) is 0 Å². The first-order valence-corrected chi connectivity index (χ1v) is 6.49. The Balaban J connectivity index is 1.67. The maximum atomic E-state index is 11.5. The second kappa shape index (κ2) is 7.31. The molecule has 0 unspecified atom stereocenters. The van der Waals surface area contributed by atoms with Crippen molar-refractivity contribution < 1.29 is 9.63 Å². The normalized spacial score (nSPS) is 10.1. The Labute approximate surface area is 118 Å². The molecule has 104 valence electrons. The van der Waals surface area contributed by atoms with Gasteiger partial charge < -0.3 is 5.32 Å². The van der Waals surface area contributed by atoms with E-state index in [1.54, 1.807) is 0 Å². The third-order valence-corrected chi connectivity index (χ3v) is 2.82. The second-order valence-electron chi connectivity index (χ2n) is 4.54. The lowest BCUT2D eigenvalue weighted by Crippen LogP contribution is -2.34. The van der Waals surface area contributed by atoms with Gasteiger partial charge in [-0.15, -0.1) is 0 Å². The van der Waals surface area contributed by atoms with E-state index >= 15 is 0 Å². The Morgan fingerprint density at radius 3 is 2.40 bits per heavy atom. The zero-order valence-electron chi connectivity index (χ0n) is 11.4. The molecule has 0 saturated carbocycles. The lowest BCUT2D eigenvalue weighted by Gasteiger charge is -2.08. The maximum absolute atomic E-state index is 11.5. The van der Waals surface area contributed by atoms with Gasteiger partial charge in [0.25, 0.3) is 0 Å². The van der Waals surface area contributed by atoms with Crippen LogP contribution in [-0.2, 0) is 18.0 Å². The SMILES string of the molecule is Cc1ccc(CNC(=O)NOCc2ccccc2)cc1. The average molecular weight is 270 g/mol. The molecule has 0 aliphatic carbocycles. The summed E-state index contributed by atoms with van der Waals surface area (Å²) in [4.78, 5) is 16.7. The first-order chi connectivity index (χ1) is 9.74. The summed E-state index contributed by atoms with van der Waals surface area (Å²) >= 11 is 0. The number of benzene rings is 2. The van der Waals surface area contributed by atoms with E-state index in [4.69, 9.17) is 4.84 Å². The van der Waals surface area contributed by atoms with E-state index in [1.165, 1.54) is 5.56 Å². The summed E-state index contributed by atoms with van der Waals surface area (Å²) in [6, 6.07) is 17.3. The van der Waals surface area contributed by atoms with Crippen LogP contribution in [0, 0.1) is 6.92 Å². The van der Waals surface area contributed by atoms with E-state index in [0.29, 0.717) is 13.2 Å². The molecule has 4 nitrogen and oxygen atoms in total. The van der Waals surface area contributed by atoms with Crippen molar-refractivity contribution in [2.24, 2.45) is 0 Å². The van der Waals surface area contributed by atoms with Crippen LogP contribution in [0.25, 0.3) is 0 Å². The van der Waals surface area contributed by atoms with Crippen molar-refractivity contribution in [2.75, 3.05) is 0 Å². The molecule has 0 aliphatic heterocycles. The van der Waals surface area contributed by atoms with Crippen molar-refractivity contribution in [3.05, 3.63) is 71.3 Å². The minimum atomic E-state index is -0.346. The summed E-state index contributed by atoms with van der Waals surface area (Å²) in [7, 11) is 0. The summed E-state index contributed by atoms with van der Waals surface area (Å²) in [5.74, 6) is 0. The lowest BCUT2D eigenvalue weighted by atomic mass is 10.1. The summed E-state index contributed by atoms with van der Waals surface area (Å²) in [5.41, 5.74) is 5.62. The van der Waals surface area contributed by atoms with Crippen LogP contribution >= 0.6 is 0 Å². The van der Waals surface area contributed by atoms with E-state index in [2.05, 4.69) is 10.8 Å². The molecule has 0 aromatic heterocycles. The zero-order chi connectivity index (χ0) is 14.2. The van der Waals surface area contributed by atoms with Gasteiger partial charge in [-0.3, -0.25) is 4.84 Å². The van der Waals surface area contributed by atoms with Gasteiger partial charge in [0.2, 0.25) is 0 Å².